The molecule has 3 aromatic rings. The molecule has 4 saturated heterocycles. The fourth-order valence-corrected chi connectivity index (χ4v) is 8.82. The number of likely N-dealkylation sites (N-methyl/N-ethyl adjacent to an activating group) is 1. The second kappa shape index (κ2) is 15.4. The lowest BCUT2D eigenvalue weighted by Gasteiger charge is -2.43. The van der Waals surface area contributed by atoms with Crippen molar-refractivity contribution in [2.24, 2.45) is 7.05 Å². The van der Waals surface area contributed by atoms with Crippen molar-refractivity contribution >= 4 is 40.7 Å². The van der Waals surface area contributed by atoms with Gasteiger partial charge in [-0.05, 0) is 86.5 Å². The Morgan fingerprint density at radius 3 is 2.35 bits per heavy atom. The number of anilines is 2. The van der Waals surface area contributed by atoms with Gasteiger partial charge in [-0.2, -0.15) is 5.10 Å². The van der Waals surface area contributed by atoms with Crippen LogP contribution in [0.3, 0.4) is 0 Å². The van der Waals surface area contributed by atoms with Gasteiger partial charge in [-0.15, -0.1) is 0 Å². The van der Waals surface area contributed by atoms with Gasteiger partial charge in [0.25, 0.3) is 11.5 Å². The summed E-state index contributed by atoms with van der Waals surface area (Å²) in [6.07, 6.45) is 5.58. The van der Waals surface area contributed by atoms with E-state index in [1.807, 2.05) is 17.0 Å². The molecular weight excluding hydrogens is 680 g/mol. The number of piperazine rings is 1. The third-order valence-corrected chi connectivity index (χ3v) is 11.9. The maximum atomic E-state index is 13.5. The second-order valence-corrected chi connectivity index (χ2v) is 15.4. The first-order valence-corrected chi connectivity index (χ1v) is 18.9. The Hall–Kier alpha value is -4.26. The number of aryl methyl sites for hydroxylation is 2. The molecule has 3 atom stereocenters. The summed E-state index contributed by atoms with van der Waals surface area (Å²) >= 11 is 6.32. The molecule has 13 heteroatoms. The third kappa shape index (κ3) is 7.74. The van der Waals surface area contributed by atoms with Crippen molar-refractivity contribution in [3.05, 3.63) is 86.3 Å². The van der Waals surface area contributed by atoms with Gasteiger partial charge in [0.2, 0.25) is 11.8 Å². The van der Waals surface area contributed by atoms with E-state index in [4.69, 9.17) is 11.6 Å². The number of piperidine rings is 3. The molecule has 52 heavy (non-hydrogen) atoms. The van der Waals surface area contributed by atoms with E-state index in [2.05, 4.69) is 74.7 Å². The first-order valence-electron chi connectivity index (χ1n) is 18.5. The summed E-state index contributed by atoms with van der Waals surface area (Å²) in [5.74, 6) is -0.277. The van der Waals surface area contributed by atoms with Crippen LogP contribution in [0.1, 0.15) is 71.0 Å². The predicted molar refractivity (Wildman–Crippen MR) is 202 cm³/mol. The Bertz CT molecular complexity index is 1870. The quantitative estimate of drug-likeness (QED) is 0.352. The van der Waals surface area contributed by atoms with E-state index in [9.17, 15) is 19.2 Å². The molecule has 4 aliphatic heterocycles. The number of nitrogens with one attached hydrogen (secondary N) is 2. The second-order valence-electron chi connectivity index (χ2n) is 15.0. The van der Waals surface area contributed by atoms with Gasteiger partial charge in [0.05, 0.1) is 17.8 Å². The number of amides is 3. The van der Waals surface area contributed by atoms with Gasteiger partial charge in [-0.25, -0.2) is 4.68 Å². The van der Waals surface area contributed by atoms with Gasteiger partial charge in [0.15, 0.2) is 0 Å². The molecule has 5 heterocycles. The van der Waals surface area contributed by atoms with Crippen molar-refractivity contribution in [3.63, 3.8) is 0 Å². The number of rotatable bonds is 7. The van der Waals surface area contributed by atoms with Crippen LogP contribution in [0.4, 0.5) is 11.4 Å². The minimum atomic E-state index is -0.320. The average Bonchev–Trinajstić information content (AvgIpc) is 3.15. The van der Waals surface area contributed by atoms with Crippen molar-refractivity contribution in [1.29, 1.82) is 0 Å². The van der Waals surface area contributed by atoms with Crippen LogP contribution in [0.2, 0.25) is 5.02 Å². The van der Waals surface area contributed by atoms with E-state index >= 15 is 0 Å². The molecule has 7 rings (SSSR count). The molecule has 12 nitrogen and oxygen atoms in total. The SMILES string of the molecule is Cc1cc(N2CCC(N3CCN(C(=O)c4ccc([C@@H]5C[C@H](Nc6cnn(C)c(=O)c6Cl)CN(C)C5)cc4)CC3)CC2)ccc1C1CCC(=O)NC1=O. The number of likely N-dealkylation sites (tertiary alicyclic amines) is 1. The summed E-state index contributed by atoms with van der Waals surface area (Å²) < 4.78 is 1.23. The maximum Gasteiger partial charge on any atom is 0.287 e. The number of halogens is 1. The van der Waals surface area contributed by atoms with Crippen molar-refractivity contribution in [1.82, 2.24) is 29.8 Å². The zero-order valence-corrected chi connectivity index (χ0v) is 31.1. The van der Waals surface area contributed by atoms with Crippen molar-refractivity contribution in [3.8, 4) is 0 Å². The summed E-state index contributed by atoms with van der Waals surface area (Å²) in [6.45, 7) is 8.94. The van der Waals surface area contributed by atoms with E-state index in [-0.39, 0.29) is 46.2 Å². The Kier molecular flexibility index (Phi) is 10.7. The third-order valence-electron chi connectivity index (χ3n) is 11.5. The molecule has 276 valence electrons. The molecule has 1 unspecified atom stereocenters. The van der Waals surface area contributed by atoms with Crippen molar-refractivity contribution in [2.75, 3.05) is 69.6 Å². The van der Waals surface area contributed by atoms with Crippen LogP contribution in [0.15, 0.2) is 53.5 Å². The smallest absolute Gasteiger partial charge is 0.287 e. The topological polar surface area (TPSA) is 123 Å². The Balaban J connectivity index is 0.884. The number of nitrogens with zero attached hydrogens (tertiary/aromatic N) is 6. The van der Waals surface area contributed by atoms with Crippen LogP contribution in [0.5, 0.6) is 0 Å². The molecule has 0 aliphatic carbocycles. The molecule has 0 bridgehead atoms. The summed E-state index contributed by atoms with van der Waals surface area (Å²) in [6, 6.07) is 15.1. The van der Waals surface area contributed by atoms with Gasteiger partial charge in [0.1, 0.15) is 5.02 Å². The Morgan fingerprint density at radius 2 is 1.65 bits per heavy atom. The highest BCUT2D eigenvalue weighted by Gasteiger charge is 2.32. The summed E-state index contributed by atoms with van der Waals surface area (Å²) in [7, 11) is 3.68. The van der Waals surface area contributed by atoms with Crippen LogP contribution < -0.4 is 21.1 Å². The first-order chi connectivity index (χ1) is 25.0. The number of hydrogen-bond acceptors (Lipinski definition) is 9. The van der Waals surface area contributed by atoms with Gasteiger partial charge in [-0.3, -0.25) is 29.4 Å². The first kappa shape index (κ1) is 36.1. The molecule has 3 amide bonds. The molecule has 1 aromatic heterocycles. The minimum Gasteiger partial charge on any atom is -0.378 e. The summed E-state index contributed by atoms with van der Waals surface area (Å²) in [5.41, 5.74) is 5.44. The Morgan fingerprint density at radius 1 is 0.923 bits per heavy atom. The molecule has 0 spiro atoms. The fourth-order valence-electron chi connectivity index (χ4n) is 8.59. The summed E-state index contributed by atoms with van der Waals surface area (Å²) in [4.78, 5) is 59.1. The van der Waals surface area contributed by atoms with Gasteiger partial charge >= 0.3 is 0 Å². The number of imide groups is 1. The lowest BCUT2D eigenvalue weighted by molar-refractivity contribution is -0.134. The van der Waals surface area contributed by atoms with E-state index in [0.29, 0.717) is 24.6 Å². The highest BCUT2D eigenvalue weighted by molar-refractivity contribution is 6.32. The van der Waals surface area contributed by atoms with Crippen molar-refractivity contribution < 1.29 is 14.4 Å². The molecule has 4 fully saturated rings. The zero-order valence-electron chi connectivity index (χ0n) is 30.3. The molecule has 2 N–H and O–H groups in total. The lowest BCUT2D eigenvalue weighted by Crippen LogP contribution is -2.54. The van der Waals surface area contributed by atoms with Crippen LogP contribution in [-0.2, 0) is 16.6 Å². The number of hydrogen-bond donors (Lipinski definition) is 2. The number of carbonyl (C=O) groups excluding carboxylic acids is 3. The van der Waals surface area contributed by atoms with Crippen molar-refractivity contribution in [2.45, 2.75) is 62.9 Å². The lowest BCUT2D eigenvalue weighted by atomic mass is 9.87. The minimum absolute atomic E-state index is 0.0882. The predicted octanol–water partition coefficient (Wildman–Crippen LogP) is 3.59. The normalized spacial score (nSPS) is 23.8. The Labute approximate surface area is 310 Å². The number of aromatic nitrogens is 2. The average molecular weight is 729 g/mol. The largest absolute Gasteiger partial charge is 0.378 e. The van der Waals surface area contributed by atoms with E-state index in [0.717, 1.165) is 88.3 Å². The molecule has 0 saturated carbocycles. The van der Waals surface area contributed by atoms with E-state index < -0.39 is 0 Å². The molecular formula is C39H49ClN8O4. The van der Waals surface area contributed by atoms with Crippen LogP contribution in [0.25, 0.3) is 0 Å². The molecule has 2 aromatic carbocycles. The molecule has 4 aliphatic rings. The van der Waals surface area contributed by atoms with E-state index in [1.165, 1.54) is 15.9 Å². The number of carbonyl (C=O) groups is 3. The fraction of sp³-hybridized carbons (Fsp3) is 0.513. The highest BCUT2D eigenvalue weighted by atomic mass is 35.5. The number of benzene rings is 2. The monoisotopic (exact) mass is 728 g/mol. The van der Waals surface area contributed by atoms with Gasteiger partial charge in [-0.1, -0.05) is 29.8 Å². The maximum absolute atomic E-state index is 13.5. The molecule has 0 radical (unpaired) electrons. The van der Waals surface area contributed by atoms with Gasteiger partial charge in [0, 0.05) is 89.2 Å². The van der Waals surface area contributed by atoms with Crippen LogP contribution in [-0.4, -0.2) is 114 Å². The highest BCUT2D eigenvalue weighted by Crippen LogP contribution is 2.32. The van der Waals surface area contributed by atoms with Crippen LogP contribution in [0, 0.1) is 6.92 Å². The summed E-state index contributed by atoms with van der Waals surface area (Å²) in [5, 5.41) is 10.2. The zero-order chi connectivity index (χ0) is 36.5. The van der Waals surface area contributed by atoms with E-state index in [1.54, 1.807) is 13.2 Å². The van der Waals surface area contributed by atoms with Gasteiger partial charge < -0.3 is 20.0 Å². The van der Waals surface area contributed by atoms with Crippen LogP contribution >= 0.6 is 11.6 Å². The standard InChI is InChI=1S/C39H49ClN8O4/c1-25-20-31(8-9-32(25)33-10-11-35(49)43-37(33)50)46-14-12-30(13-15-46)47-16-18-48(19-17-47)38(51)27-6-4-26(5-7-27)28-21-29(24-44(2)23-28)42-34-22-41-45(3)39(52)36(34)40/h4-9,20,22,28-30,33,42H,10-19,21,23-24H2,1-3H3,(H,43,49,50)/t28-,29+,33?/m1/s1.